The SMILES string of the molecule is C[C@@H](OC(=O)Nc1c(-c2ccc(Cl)cc2)nnn1C)c1ccccc1. The number of hydrogen-bond acceptors (Lipinski definition) is 4. The van der Waals surface area contributed by atoms with Gasteiger partial charge in [0.2, 0.25) is 0 Å². The van der Waals surface area contributed by atoms with Gasteiger partial charge in [0, 0.05) is 17.6 Å². The van der Waals surface area contributed by atoms with E-state index in [1.54, 1.807) is 19.2 Å². The van der Waals surface area contributed by atoms with Crippen LogP contribution in [0.1, 0.15) is 18.6 Å². The Balaban J connectivity index is 1.75. The molecule has 0 radical (unpaired) electrons. The fourth-order valence-corrected chi connectivity index (χ4v) is 2.50. The lowest BCUT2D eigenvalue weighted by Gasteiger charge is -2.14. The second-order valence-corrected chi connectivity index (χ2v) is 5.94. The van der Waals surface area contributed by atoms with Crippen molar-refractivity contribution in [3.05, 3.63) is 65.2 Å². The average molecular weight is 357 g/mol. The molecule has 3 aromatic rings. The molecule has 128 valence electrons. The van der Waals surface area contributed by atoms with Crippen molar-refractivity contribution in [1.29, 1.82) is 0 Å². The molecular formula is C18H17ClN4O2. The molecule has 0 aliphatic heterocycles. The van der Waals surface area contributed by atoms with Crippen LogP contribution in [-0.2, 0) is 11.8 Å². The molecule has 1 aromatic heterocycles. The number of carbonyl (C=O) groups is 1. The third-order valence-corrected chi connectivity index (χ3v) is 3.97. The summed E-state index contributed by atoms with van der Waals surface area (Å²) in [5.41, 5.74) is 2.26. The molecule has 25 heavy (non-hydrogen) atoms. The Morgan fingerprint density at radius 3 is 2.52 bits per heavy atom. The topological polar surface area (TPSA) is 69.0 Å². The van der Waals surface area contributed by atoms with E-state index in [9.17, 15) is 4.79 Å². The number of carbonyl (C=O) groups excluding carboxylic acids is 1. The summed E-state index contributed by atoms with van der Waals surface area (Å²) in [5.74, 6) is 0.451. The summed E-state index contributed by atoms with van der Waals surface area (Å²) < 4.78 is 6.92. The van der Waals surface area contributed by atoms with Crippen LogP contribution in [0, 0.1) is 0 Å². The minimum atomic E-state index is -0.572. The molecule has 3 rings (SSSR count). The van der Waals surface area contributed by atoms with Crippen molar-refractivity contribution in [2.45, 2.75) is 13.0 Å². The Bertz CT molecular complexity index is 863. The maximum Gasteiger partial charge on any atom is 0.413 e. The Labute approximate surface area is 150 Å². The van der Waals surface area contributed by atoms with Crippen LogP contribution in [-0.4, -0.2) is 21.1 Å². The Morgan fingerprint density at radius 1 is 1.16 bits per heavy atom. The lowest BCUT2D eigenvalue weighted by molar-refractivity contribution is 0.121. The number of nitrogens with one attached hydrogen (secondary N) is 1. The van der Waals surface area contributed by atoms with Crippen LogP contribution in [0.25, 0.3) is 11.3 Å². The third kappa shape index (κ3) is 3.97. The predicted octanol–water partition coefficient (Wildman–Crippen LogP) is 4.45. The highest BCUT2D eigenvalue weighted by Crippen LogP contribution is 2.27. The second-order valence-electron chi connectivity index (χ2n) is 5.50. The van der Waals surface area contributed by atoms with Gasteiger partial charge in [0.05, 0.1) is 0 Å². The number of halogens is 1. The lowest BCUT2D eigenvalue weighted by atomic mass is 10.1. The normalized spacial score (nSPS) is 11.8. The van der Waals surface area contributed by atoms with E-state index in [0.717, 1.165) is 11.1 Å². The number of hydrogen-bond donors (Lipinski definition) is 1. The van der Waals surface area contributed by atoms with Crippen LogP contribution in [0.4, 0.5) is 10.6 Å². The fraction of sp³-hybridized carbons (Fsp3) is 0.167. The minimum absolute atomic E-state index is 0.374. The first-order valence-electron chi connectivity index (χ1n) is 7.73. The van der Waals surface area contributed by atoms with Crippen molar-refractivity contribution < 1.29 is 9.53 Å². The number of ether oxygens (including phenoxy) is 1. The fourth-order valence-electron chi connectivity index (χ4n) is 2.38. The molecule has 2 aromatic carbocycles. The molecule has 1 N–H and O–H groups in total. The molecular weight excluding hydrogens is 340 g/mol. The van der Waals surface area contributed by atoms with Gasteiger partial charge in [0.15, 0.2) is 5.82 Å². The summed E-state index contributed by atoms with van der Waals surface area (Å²) in [5, 5.41) is 11.4. The van der Waals surface area contributed by atoms with Crippen molar-refractivity contribution >= 4 is 23.5 Å². The van der Waals surface area contributed by atoms with Crippen LogP contribution in [0.5, 0.6) is 0 Å². The molecule has 0 fully saturated rings. The highest BCUT2D eigenvalue weighted by Gasteiger charge is 2.18. The molecule has 0 spiro atoms. The van der Waals surface area contributed by atoms with E-state index in [1.165, 1.54) is 4.68 Å². The summed E-state index contributed by atoms with van der Waals surface area (Å²) >= 11 is 5.91. The number of aromatic nitrogens is 3. The second kappa shape index (κ2) is 7.36. The summed E-state index contributed by atoms with van der Waals surface area (Å²) in [7, 11) is 1.70. The third-order valence-electron chi connectivity index (χ3n) is 3.72. The van der Waals surface area contributed by atoms with Crippen molar-refractivity contribution in [2.75, 3.05) is 5.32 Å². The number of benzene rings is 2. The first kappa shape index (κ1) is 17.0. The molecule has 0 aliphatic rings. The maximum absolute atomic E-state index is 12.3. The number of nitrogens with zero attached hydrogens (tertiary/aromatic N) is 3. The van der Waals surface area contributed by atoms with Crippen LogP contribution < -0.4 is 5.32 Å². The zero-order chi connectivity index (χ0) is 17.8. The largest absolute Gasteiger partial charge is 0.441 e. The van der Waals surface area contributed by atoms with Gasteiger partial charge in [-0.25, -0.2) is 9.48 Å². The maximum atomic E-state index is 12.3. The smallest absolute Gasteiger partial charge is 0.413 e. The van der Waals surface area contributed by atoms with E-state index < -0.39 is 6.09 Å². The Hall–Kier alpha value is -2.86. The van der Waals surface area contributed by atoms with Crippen molar-refractivity contribution in [1.82, 2.24) is 15.0 Å². The van der Waals surface area contributed by atoms with Crippen LogP contribution in [0.2, 0.25) is 5.02 Å². The van der Waals surface area contributed by atoms with Gasteiger partial charge in [0.1, 0.15) is 11.8 Å². The molecule has 1 atom stereocenters. The number of aryl methyl sites for hydroxylation is 1. The van der Waals surface area contributed by atoms with Crippen molar-refractivity contribution in [3.8, 4) is 11.3 Å². The van der Waals surface area contributed by atoms with Gasteiger partial charge >= 0.3 is 6.09 Å². The summed E-state index contributed by atoms with van der Waals surface area (Å²) in [6, 6.07) is 16.7. The molecule has 6 nitrogen and oxygen atoms in total. The van der Waals surface area contributed by atoms with Gasteiger partial charge in [-0.05, 0) is 24.6 Å². The molecule has 1 amide bonds. The number of rotatable bonds is 4. The van der Waals surface area contributed by atoms with Crippen LogP contribution >= 0.6 is 11.6 Å². The average Bonchev–Trinajstić information content (AvgIpc) is 2.97. The summed E-state index contributed by atoms with van der Waals surface area (Å²) in [4.78, 5) is 12.3. The summed E-state index contributed by atoms with van der Waals surface area (Å²) in [6.45, 7) is 1.82. The van der Waals surface area contributed by atoms with Gasteiger partial charge in [-0.15, -0.1) is 5.10 Å². The molecule has 0 saturated heterocycles. The quantitative estimate of drug-likeness (QED) is 0.750. The van der Waals surface area contributed by atoms with Gasteiger partial charge < -0.3 is 4.74 Å². The van der Waals surface area contributed by atoms with Gasteiger partial charge in [-0.1, -0.05) is 59.3 Å². The van der Waals surface area contributed by atoms with E-state index >= 15 is 0 Å². The van der Waals surface area contributed by atoms with Crippen LogP contribution in [0.15, 0.2) is 54.6 Å². The van der Waals surface area contributed by atoms with E-state index in [0.29, 0.717) is 16.5 Å². The number of anilines is 1. The molecule has 0 saturated carbocycles. The standard InChI is InChI=1S/C18H17ClN4O2/c1-12(13-6-4-3-5-7-13)25-18(24)20-17-16(21-22-23(17)2)14-8-10-15(19)11-9-14/h3-12H,1-2H3,(H,20,24)/t12-/m1/s1. The zero-order valence-electron chi connectivity index (χ0n) is 13.8. The summed E-state index contributed by atoms with van der Waals surface area (Å²) in [6.07, 6.45) is -0.946. The Kier molecular flexibility index (Phi) is 5.00. The monoisotopic (exact) mass is 356 g/mol. The lowest BCUT2D eigenvalue weighted by Crippen LogP contribution is -2.18. The van der Waals surface area contributed by atoms with Crippen LogP contribution in [0.3, 0.4) is 0 Å². The highest BCUT2D eigenvalue weighted by atomic mass is 35.5. The molecule has 0 aliphatic carbocycles. The van der Waals surface area contributed by atoms with E-state index in [2.05, 4.69) is 15.6 Å². The van der Waals surface area contributed by atoms with Crippen molar-refractivity contribution in [3.63, 3.8) is 0 Å². The molecule has 7 heteroatoms. The predicted molar refractivity (Wildman–Crippen MR) is 96.4 cm³/mol. The molecule has 1 heterocycles. The minimum Gasteiger partial charge on any atom is -0.441 e. The highest BCUT2D eigenvalue weighted by molar-refractivity contribution is 6.30. The molecule has 0 bridgehead atoms. The number of amides is 1. The Morgan fingerprint density at radius 2 is 1.84 bits per heavy atom. The first-order chi connectivity index (χ1) is 12.0. The van der Waals surface area contributed by atoms with Gasteiger partial charge in [-0.3, -0.25) is 5.32 Å². The van der Waals surface area contributed by atoms with Gasteiger partial charge in [-0.2, -0.15) is 0 Å². The van der Waals surface area contributed by atoms with Crippen molar-refractivity contribution in [2.24, 2.45) is 7.05 Å². The zero-order valence-corrected chi connectivity index (χ0v) is 14.6. The van der Waals surface area contributed by atoms with Gasteiger partial charge in [0.25, 0.3) is 0 Å². The van der Waals surface area contributed by atoms with E-state index in [-0.39, 0.29) is 6.10 Å². The van der Waals surface area contributed by atoms with E-state index in [4.69, 9.17) is 16.3 Å². The molecule has 0 unspecified atom stereocenters. The first-order valence-corrected chi connectivity index (χ1v) is 8.10. The van der Waals surface area contributed by atoms with E-state index in [1.807, 2.05) is 49.4 Å².